The lowest BCUT2D eigenvalue weighted by Gasteiger charge is -2.37. The first-order valence-corrected chi connectivity index (χ1v) is 20.4. The minimum absolute atomic E-state index is 0.0850. The van der Waals surface area contributed by atoms with Gasteiger partial charge in [0, 0.05) is 38.2 Å². The Morgan fingerprint density at radius 3 is 2.47 bits per heavy atom. The molecule has 5 aromatic rings. The largest absolute Gasteiger partial charge is 0.493 e. The van der Waals surface area contributed by atoms with Crippen molar-refractivity contribution in [2.45, 2.75) is 91.0 Å². The molecule has 59 heavy (non-hydrogen) atoms. The minimum atomic E-state index is -1.01. The van der Waals surface area contributed by atoms with Crippen molar-refractivity contribution in [3.8, 4) is 28.4 Å². The summed E-state index contributed by atoms with van der Waals surface area (Å²) in [7, 11) is 1.29. The fourth-order valence-corrected chi connectivity index (χ4v) is 8.43. The molecule has 1 fully saturated rings. The normalized spacial score (nSPS) is 17.9. The van der Waals surface area contributed by atoms with Crippen LogP contribution >= 0.6 is 0 Å². The number of ether oxygens (including phenoxy) is 4. The molecule has 1 aliphatic carbocycles. The molecule has 4 heterocycles. The molecule has 0 bridgehead atoms. The third-order valence-corrected chi connectivity index (χ3v) is 11.9. The van der Waals surface area contributed by atoms with Gasteiger partial charge in [0.05, 0.1) is 13.7 Å². The number of nitrogens with one attached hydrogen (secondary N) is 1. The molecule has 0 saturated heterocycles. The van der Waals surface area contributed by atoms with Gasteiger partial charge >= 0.3 is 5.97 Å². The van der Waals surface area contributed by atoms with Crippen LogP contribution in [-0.2, 0) is 33.7 Å². The SMILES string of the molecule is COC(=O)C(Cc1ccc(-c2ccnc(C)c2C)cc1)NC(=O)[C@@H]1Cc2cc3c(cc2CN1C(=O)c1nc(C)oc1C)O[C@@H](c1cccc(OCC2CCCC2)c1)CO3. The molecule has 1 unspecified atom stereocenters. The number of carbonyl (C=O) groups excluding carboxylic acids is 3. The summed E-state index contributed by atoms with van der Waals surface area (Å²) in [6.07, 6.45) is 6.72. The van der Waals surface area contributed by atoms with E-state index < -0.39 is 29.9 Å². The second-order valence-electron chi connectivity index (χ2n) is 15.9. The van der Waals surface area contributed by atoms with Crippen molar-refractivity contribution in [3.63, 3.8) is 0 Å². The molecule has 3 atom stereocenters. The molecule has 3 aliphatic rings. The molecule has 12 heteroatoms. The number of rotatable bonds is 11. The molecular formula is C47H50N4O8. The Balaban J connectivity index is 1.02. The average Bonchev–Trinajstić information content (AvgIpc) is 3.90. The number of hydrogen-bond donors (Lipinski definition) is 1. The third-order valence-electron chi connectivity index (χ3n) is 11.9. The van der Waals surface area contributed by atoms with Crippen LogP contribution in [0.3, 0.4) is 0 Å². The molecule has 3 aromatic carbocycles. The number of hydrogen-bond acceptors (Lipinski definition) is 10. The Hall–Kier alpha value is -6.17. The highest BCUT2D eigenvalue weighted by molar-refractivity contribution is 5.98. The summed E-state index contributed by atoms with van der Waals surface area (Å²) in [6.45, 7) is 8.45. The summed E-state index contributed by atoms with van der Waals surface area (Å²) in [6, 6.07) is 19.6. The van der Waals surface area contributed by atoms with Crippen LogP contribution in [0.15, 0.2) is 77.3 Å². The average molecular weight is 799 g/mol. The van der Waals surface area contributed by atoms with E-state index in [1.165, 1.54) is 37.7 Å². The number of oxazole rings is 1. The second-order valence-corrected chi connectivity index (χ2v) is 15.9. The Kier molecular flexibility index (Phi) is 11.4. The highest BCUT2D eigenvalue weighted by Gasteiger charge is 2.40. The Morgan fingerprint density at radius 1 is 0.949 bits per heavy atom. The first-order valence-electron chi connectivity index (χ1n) is 20.4. The van der Waals surface area contributed by atoms with E-state index in [0.717, 1.165) is 50.4 Å². The van der Waals surface area contributed by atoms with Crippen LogP contribution in [0, 0.1) is 33.6 Å². The highest BCUT2D eigenvalue weighted by atomic mass is 16.6. The van der Waals surface area contributed by atoms with Crippen LogP contribution in [0.25, 0.3) is 11.1 Å². The molecule has 0 spiro atoms. The second kappa shape index (κ2) is 17.0. The van der Waals surface area contributed by atoms with E-state index in [2.05, 4.69) is 15.3 Å². The summed E-state index contributed by atoms with van der Waals surface area (Å²) in [5, 5.41) is 2.93. The van der Waals surface area contributed by atoms with E-state index >= 15 is 0 Å². The van der Waals surface area contributed by atoms with E-state index in [0.29, 0.717) is 42.3 Å². The fourth-order valence-electron chi connectivity index (χ4n) is 8.43. The van der Waals surface area contributed by atoms with Gasteiger partial charge < -0.3 is 33.6 Å². The van der Waals surface area contributed by atoms with E-state index in [4.69, 9.17) is 23.4 Å². The maximum atomic E-state index is 14.4. The minimum Gasteiger partial charge on any atom is -0.493 e. The van der Waals surface area contributed by atoms with Crippen LogP contribution in [0.4, 0.5) is 0 Å². The van der Waals surface area contributed by atoms with Gasteiger partial charge in [-0.05, 0) is 109 Å². The monoisotopic (exact) mass is 798 g/mol. The van der Waals surface area contributed by atoms with Gasteiger partial charge in [-0.2, -0.15) is 0 Å². The van der Waals surface area contributed by atoms with Crippen molar-refractivity contribution in [2.75, 3.05) is 20.3 Å². The Morgan fingerprint density at radius 2 is 1.73 bits per heavy atom. The van der Waals surface area contributed by atoms with Crippen LogP contribution in [0.1, 0.15) is 87.4 Å². The van der Waals surface area contributed by atoms with Crippen LogP contribution in [0.2, 0.25) is 0 Å². The molecule has 8 rings (SSSR count). The molecular weight excluding hydrogens is 749 g/mol. The smallest absolute Gasteiger partial charge is 0.328 e. The molecule has 2 aliphatic heterocycles. The van der Waals surface area contributed by atoms with Crippen molar-refractivity contribution >= 4 is 17.8 Å². The van der Waals surface area contributed by atoms with E-state index in [1.54, 1.807) is 20.0 Å². The first kappa shape index (κ1) is 39.6. The maximum Gasteiger partial charge on any atom is 0.328 e. The molecule has 1 saturated carbocycles. The lowest BCUT2D eigenvalue weighted by Crippen LogP contribution is -2.56. The van der Waals surface area contributed by atoms with Gasteiger partial charge in [-0.15, -0.1) is 0 Å². The summed E-state index contributed by atoms with van der Waals surface area (Å²) in [5.74, 6) is 1.66. The van der Waals surface area contributed by atoms with Crippen LogP contribution in [0.5, 0.6) is 17.2 Å². The van der Waals surface area contributed by atoms with Crippen molar-refractivity contribution in [3.05, 3.63) is 124 Å². The third kappa shape index (κ3) is 8.53. The highest BCUT2D eigenvalue weighted by Crippen LogP contribution is 2.41. The topological polar surface area (TPSA) is 142 Å². The van der Waals surface area contributed by atoms with Crippen LogP contribution < -0.4 is 19.5 Å². The van der Waals surface area contributed by atoms with Gasteiger partial charge in [0.1, 0.15) is 30.2 Å². The van der Waals surface area contributed by atoms with Gasteiger partial charge in [-0.3, -0.25) is 14.6 Å². The van der Waals surface area contributed by atoms with Gasteiger partial charge in [0.2, 0.25) is 5.91 Å². The fraction of sp³-hybridized carbons (Fsp3) is 0.383. The number of carbonyl (C=O) groups is 3. The first-order chi connectivity index (χ1) is 28.5. The van der Waals surface area contributed by atoms with Crippen LogP contribution in [-0.4, -0.2) is 65.1 Å². The molecule has 1 N–H and O–H groups in total. The Bertz CT molecular complexity index is 2370. The Labute approximate surface area is 344 Å². The predicted octanol–water partition coefficient (Wildman–Crippen LogP) is 7.52. The van der Waals surface area contributed by atoms with Crippen molar-refractivity contribution in [2.24, 2.45) is 5.92 Å². The number of aromatic nitrogens is 2. The molecule has 306 valence electrons. The van der Waals surface area contributed by atoms with Crippen molar-refractivity contribution in [1.82, 2.24) is 20.2 Å². The zero-order valence-corrected chi connectivity index (χ0v) is 34.2. The van der Waals surface area contributed by atoms with E-state index in [1.807, 2.05) is 80.6 Å². The molecule has 0 radical (unpaired) electrons. The number of benzene rings is 3. The number of esters is 1. The van der Waals surface area contributed by atoms with Gasteiger partial charge in [0.25, 0.3) is 5.91 Å². The number of methoxy groups -OCH3 is 1. The lowest BCUT2D eigenvalue weighted by atomic mass is 9.91. The molecule has 2 amide bonds. The molecule has 2 aromatic heterocycles. The number of fused-ring (bicyclic) bond motifs is 2. The summed E-state index contributed by atoms with van der Waals surface area (Å²) < 4.78 is 29.8. The van der Waals surface area contributed by atoms with E-state index in [-0.39, 0.29) is 31.2 Å². The lowest BCUT2D eigenvalue weighted by molar-refractivity contribution is -0.145. The molecule has 12 nitrogen and oxygen atoms in total. The predicted molar refractivity (Wildman–Crippen MR) is 219 cm³/mol. The number of nitrogens with zero attached hydrogens (tertiary/aromatic N) is 3. The van der Waals surface area contributed by atoms with E-state index in [9.17, 15) is 14.4 Å². The van der Waals surface area contributed by atoms with Gasteiger partial charge in [0.15, 0.2) is 29.2 Å². The standard InChI is InChI=1S/C47H50N4O8/c1-27-28(2)48-18-17-38(27)33-15-13-31(14-16-33)19-39(47(54)55-5)50-45(52)40-21-35-22-41-42(23-36(35)24-51(40)46(53)44-29(3)58-30(4)49-44)59-43(26-57-41)34-11-8-12-37(20-34)56-25-32-9-6-7-10-32/h8,11-18,20,22-23,32,39-40,43H,6-7,9-10,19,21,24-26H2,1-5H3,(H,50,52)/t39?,40-,43+/m0/s1. The number of amides is 2. The summed E-state index contributed by atoms with van der Waals surface area (Å²) in [4.78, 5) is 52.1. The zero-order chi connectivity index (χ0) is 41.2. The maximum absolute atomic E-state index is 14.4. The van der Waals surface area contributed by atoms with Crippen molar-refractivity contribution in [1.29, 1.82) is 0 Å². The number of pyridine rings is 1. The van der Waals surface area contributed by atoms with Crippen molar-refractivity contribution < 1.29 is 37.7 Å². The zero-order valence-electron chi connectivity index (χ0n) is 34.2. The number of aryl methyl sites for hydroxylation is 3. The van der Waals surface area contributed by atoms with Gasteiger partial charge in [-0.25, -0.2) is 9.78 Å². The quantitative estimate of drug-likeness (QED) is 0.133. The summed E-state index contributed by atoms with van der Waals surface area (Å²) >= 11 is 0. The summed E-state index contributed by atoms with van der Waals surface area (Å²) in [5.41, 5.74) is 7.67. The van der Waals surface area contributed by atoms with Gasteiger partial charge in [-0.1, -0.05) is 49.2 Å².